The number of carbonyl (C=O) groups is 1. The summed E-state index contributed by atoms with van der Waals surface area (Å²) in [4.78, 5) is 13.9. The van der Waals surface area contributed by atoms with E-state index in [0.717, 1.165) is 36.4 Å². The van der Waals surface area contributed by atoms with E-state index in [4.69, 9.17) is 10.3 Å². The van der Waals surface area contributed by atoms with Crippen molar-refractivity contribution in [3.8, 4) is 0 Å². The van der Waals surface area contributed by atoms with Gasteiger partial charge in [0.25, 0.3) is 0 Å². The molecule has 0 bridgehead atoms. The van der Waals surface area contributed by atoms with E-state index < -0.39 is 0 Å². The minimum absolute atomic E-state index is 0.0138. The van der Waals surface area contributed by atoms with Crippen LogP contribution in [-0.2, 0) is 4.79 Å². The molecule has 94 valence electrons. The van der Waals surface area contributed by atoms with Crippen molar-refractivity contribution < 1.29 is 9.32 Å². The lowest BCUT2D eigenvalue weighted by Gasteiger charge is -2.35. The molecule has 0 aromatic carbocycles. The number of piperidine rings is 1. The Morgan fingerprint density at radius 2 is 2.24 bits per heavy atom. The molecule has 2 unspecified atom stereocenters. The van der Waals surface area contributed by atoms with Gasteiger partial charge in [-0.25, -0.2) is 0 Å². The fourth-order valence-electron chi connectivity index (χ4n) is 2.56. The first-order valence-corrected chi connectivity index (χ1v) is 6.01. The summed E-state index contributed by atoms with van der Waals surface area (Å²) < 4.78 is 5.15. The lowest BCUT2D eigenvalue weighted by molar-refractivity contribution is -0.137. The molecule has 1 aliphatic rings. The second-order valence-corrected chi connectivity index (χ2v) is 4.69. The van der Waals surface area contributed by atoms with Gasteiger partial charge in [-0.3, -0.25) is 4.79 Å². The van der Waals surface area contributed by atoms with E-state index in [0.29, 0.717) is 0 Å². The van der Waals surface area contributed by atoms with Crippen molar-refractivity contribution in [3.05, 3.63) is 17.0 Å². The van der Waals surface area contributed by atoms with Gasteiger partial charge < -0.3 is 15.2 Å². The SMILES string of the molecule is Cc1noc(C)c1C(C)N1CCCC(N)C1=O. The van der Waals surface area contributed by atoms with Crippen molar-refractivity contribution in [3.63, 3.8) is 0 Å². The van der Waals surface area contributed by atoms with Gasteiger partial charge in [-0.2, -0.15) is 0 Å². The van der Waals surface area contributed by atoms with E-state index in [1.165, 1.54) is 0 Å². The molecule has 0 saturated carbocycles. The third kappa shape index (κ3) is 2.07. The van der Waals surface area contributed by atoms with Gasteiger partial charge >= 0.3 is 0 Å². The minimum Gasteiger partial charge on any atom is -0.361 e. The van der Waals surface area contributed by atoms with E-state index in [2.05, 4.69) is 5.16 Å². The zero-order valence-corrected chi connectivity index (χ0v) is 10.6. The van der Waals surface area contributed by atoms with E-state index in [1.54, 1.807) is 0 Å². The Hall–Kier alpha value is -1.36. The molecule has 1 aromatic heterocycles. The first kappa shape index (κ1) is 12.1. The van der Waals surface area contributed by atoms with Crippen molar-refractivity contribution in [2.45, 2.75) is 45.7 Å². The van der Waals surface area contributed by atoms with E-state index in [-0.39, 0.29) is 18.0 Å². The number of aromatic nitrogens is 1. The molecule has 2 N–H and O–H groups in total. The second-order valence-electron chi connectivity index (χ2n) is 4.69. The summed E-state index contributed by atoms with van der Waals surface area (Å²) in [5.74, 6) is 0.811. The van der Waals surface area contributed by atoms with Crippen LogP contribution in [0.2, 0.25) is 0 Å². The predicted molar refractivity (Wildman–Crippen MR) is 63.3 cm³/mol. The molecule has 0 aliphatic carbocycles. The molecule has 2 atom stereocenters. The summed E-state index contributed by atoms with van der Waals surface area (Å²) in [6.07, 6.45) is 1.74. The Bertz CT molecular complexity index is 408. The molecular formula is C12H19N3O2. The van der Waals surface area contributed by atoms with Crippen molar-refractivity contribution in [1.82, 2.24) is 10.1 Å². The molecule has 1 amide bonds. The van der Waals surface area contributed by atoms with Gasteiger partial charge in [0.1, 0.15) is 5.76 Å². The van der Waals surface area contributed by atoms with Crippen LogP contribution in [0.4, 0.5) is 0 Å². The molecule has 1 saturated heterocycles. The van der Waals surface area contributed by atoms with Crippen molar-refractivity contribution >= 4 is 5.91 Å². The molecule has 1 aromatic rings. The number of aryl methyl sites for hydroxylation is 2. The number of hydrogen-bond acceptors (Lipinski definition) is 4. The summed E-state index contributed by atoms with van der Waals surface area (Å²) in [5.41, 5.74) is 7.66. The lowest BCUT2D eigenvalue weighted by atomic mass is 9.99. The summed E-state index contributed by atoms with van der Waals surface area (Å²) in [5, 5.41) is 3.93. The minimum atomic E-state index is -0.355. The van der Waals surface area contributed by atoms with Crippen molar-refractivity contribution in [2.75, 3.05) is 6.54 Å². The molecule has 5 nitrogen and oxygen atoms in total. The van der Waals surface area contributed by atoms with Gasteiger partial charge in [-0.05, 0) is 33.6 Å². The van der Waals surface area contributed by atoms with Crippen LogP contribution in [0.1, 0.15) is 42.8 Å². The summed E-state index contributed by atoms with van der Waals surface area (Å²) in [6.45, 7) is 6.54. The van der Waals surface area contributed by atoms with Gasteiger partial charge in [0, 0.05) is 12.1 Å². The van der Waals surface area contributed by atoms with Crippen LogP contribution in [0.3, 0.4) is 0 Å². The van der Waals surface area contributed by atoms with Crippen molar-refractivity contribution in [2.24, 2.45) is 5.73 Å². The van der Waals surface area contributed by atoms with Crippen LogP contribution in [0.25, 0.3) is 0 Å². The smallest absolute Gasteiger partial charge is 0.239 e. The Balaban J connectivity index is 2.25. The maximum absolute atomic E-state index is 12.0. The fraction of sp³-hybridized carbons (Fsp3) is 0.667. The largest absolute Gasteiger partial charge is 0.361 e. The number of amides is 1. The number of hydrogen-bond donors (Lipinski definition) is 1. The number of carbonyl (C=O) groups excluding carboxylic acids is 1. The zero-order chi connectivity index (χ0) is 12.6. The van der Waals surface area contributed by atoms with Crippen molar-refractivity contribution in [1.29, 1.82) is 0 Å². The molecule has 17 heavy (non-hydrogen) atoms. The Kier molecular flexibility index (Phi) is 3.19. The van der Waals surface area contributed by atoms with Crippen LogP contribution >= 0.6 is 0 Å². The number of rotatable bonds is 2. The van der Waals surface area contributed by atoms with Crippen LogP contribution in [0, 0.1) is 13.8 Å². The molecule has 2 heterocycles. The van der Waals surface area contributed by atoms with Gasteiger partial charge in [0.15, 0.2) is 0 Å². The van der Waals surface area contributed by atoms with Crippen LogP contribution in [0.15, 0.2) is 4.52 Å². The molecule has 1 fully saturated rings. The highest BCUT2D eigenvalue weighted by Crippen LogP contribution is 2.29. The fourth-order valence-corrected chi connectivity index (χ4v) is 2.56. The average molecular weight is 237 g/mol. The number of likely N-dealkylation sites (tertiary alicyclic amines) is 1. The molecule has 5 heteroatoms. The van der Waals surface area contributed by atoms with Crippen LogP contribution in [0.5, 0.6) is 0 Å². The van der Waals surface area contributed by atoms with Gasteiger partial charge in [0.05, 0.1) is 17.8 Å². The zero-order valence-electron chi connectivity index (χ0n) is 10.6. The third-order valence-electron chi connectivity index (χ3n) is 3.49. The quantitative estimate of drug-likeness (QED) is 0.841. The highest BCUT2D eigenvalue weighted by Gasteiger charge is 2.32. The topological polar surface area (TPSA) is 72.4 Å². The highest BCUT2D eigenvalue weighted by atomic mass is 16.5. The summed E-state index contributed by atoms with van der Waals surface area (Å²) >= 11 is 0. The normalized spacial score (nSPS) is 22.9. The summed E-state index contributed by atoms with van der Waals surface area (Å²) in [6, 6.07) is -0.369. The molecule has 1 aliphatic heterocycles. The molecule has 2 rings (SSSR count). The first-order chi connectivity index (χ1) is 8.02. The third-order valence-corrected chi connectivity index (χ3v) is 3.49. The van der Waals surface area contributed by atoms with E-state index >= 15 is 0 Å². The number of nitrogens with two attached hydrogens (primary N) is 1. The van der Waals surface area contributed by atoms with E-state index in [9.17, 15) is 4.79 Å². The maximum Gasteiger partial charge on any atom is 0.239 e. The van der Waals surface area contributed by atoms with Crippen LogP contribution in [-0.4, -0.2) is 28.6 Å². The standard InChI is InChI=1S/C12H19N3O2/c1-7-11(9(3)17-14-7)8(2)15-6-4-5-10(13)12(15)16/h8,10H,4-6,13H2,1-3H3. The van der Waals surface area contributed by atoms with Gasteiger partial charge in [-0.1, -0.05) is 5.16 Å². The van der Waals surface area contributed by atoms with Gasteiger partial charge in [0.2, 0.25) is 5.91 Å². The second kappa shape index (κ2) is 4.49. The maximum atomic E-state index is 12.0. The van der Waals surface area contributed by atoms with Gasteiger partial charge in [-0.15, -0.1) is 0 Å². The molecular weight excluding hydrogens is 218 g/mol. The number of nitrogens with zero attached hydrogens (tertiary/aromatic N) is 2. The van der Waals surface area contributed by atoms with E-state index in [1.807, 2.05) is 25.7 Å². The average Bonchev–Trinajstić information content (AvgIpc) is 2.62. The monoisotopic (exact) mass is 237 g/mol. The molecule has 0 radical (unpaired) electrons. The Morgan fingerprint density at radius 3 is 2.82 bits per heavy atom. The summed E-state index contributed by atoms with van der Waals surface area (Å²) in [7, 11) is 0. The Labute approximate surface area is 101 Å². The Morgan fingerprint density at radius 1 is 1.53 bits per heavy atom. The lowest BCUT2D eigenvalue weighted by Crippen LogP contribution is -2.49. The predicted octanol–water partition coefficient (Wildman–Crippen LogP) is 1.30. The molecule has 0 spiro atoms. The van der Waals surface area contributed by atoms with Crippen LogP contribution < -0.4 is 5.73 Å². The highest BCUT2D eigenvalue weighted by molar-refractivity contribution is 5.82. The first-order valence-electron chi connectivity index (χ1n) is 6.01.